The molecule has 0 bridgehead atoms. The van der Waals surface area contributed by atoms with E-state index in [0.717, 1.165) is 38.5 Å². The van der Waals surface area contributed by atoms with Crippen LogP contribution in [0.25, 0.3) is 10.9 Å². The van der Waals surface area contributed by atoms with Crippen molar-refractivity contribution in [2.75, 3.05) is 33.9 Å². The molecule has 0 aliphatic heterocycles. The molecule has 1 heterocycles. The molecule has 3 N–H and O–H groups in total. The minimum Gasteiger partial charge on any atom is -0.385 e. The van der Waals surface area contributed by atoms with E-state index in [1.54, 1.807) is 7.11 Å². The molecule has 1 aromatic carbocycles. The zero-order chi connectivity index (χ0) is 18.2. The second-order valence-electron chi connectivity index (χ2n) is 7.43. The Bertz CT molecular complexity index is 689. The molecule has 0 radical (unpaired) electrons. The number of H-pyrrole nitrogens is 1. The summed E-state index contributed by atoms with van der Waals surface area (Å²) in [5.74, 6) is 0.893. The molecule has 27 heavy (non-hydrogen) atoms. The van der Waals surface area contributed by atoms with Gasteiger partial charge in [-0.25, -0.2) is 0 Å². The Morgan fingerprint density at radius 2 is 2.00 bits per heavy atom. The molecule has 0 spiro atoms. The van der Waals surface area contributed by atoms with Gasteiger partial charge in [-0.2, -0.15) is 0 Å². The van der Waals surface area contributed by atoms with Gasteiger partial charge in [0.1, 0.15) is 0 Å². The summed E-state index contributed by atoms with van der Waals surface area (Å²) in [6, 6.07) is 10.6. The molecule has 0 unspecified atom stereocenters. The number of aromatic amines is 1. The van der Waals surface area contributed by atoms with Crippen LogP contribution in [0.15, 0.2) is 35.3 Å². The number of aromatic nitrogens is 1. The molecule has 3 rings (SSSR count). The monoisotopic (exact) mass is 484 g/mol. The number of ether oxygens (including phenoxy) is 1. The van der Waals surface area contributed by atoms with Crippen molar-refractivity contribution < 1.29 is 4.74 Å². The minimum absolute atomic E-state index is 0. The second-order valence-corrected chi connectivity index (χ2v) is 7.43. The van der Waals surface area contributed by atoms with Gasteiger partial charge < -0.3 is 20.4 Å². The molecule has 1 aliphatic carbocycles. The number of methoxy groups -OCH3 is 1. The van der Waals surface area contributed by atoms with Crippen LogP contribution in [-0.4, -0.2) is 44.8 Å². The number of rotatable bonds is 8. The minimum atomic E-state index is 0. The summed E-state index contributed by atoms with van der Waals surface area (Å²) in [6.07, 6.45) is 7.31. The van der Waals surface area contributed by atoms with Crippen molar-refractivity contribution in [2.24, 2.45) is 10.4 Å². The summed E-state index contributed by atoms with van der Waals surface area (Å²) in [6.45, 7) is 2.67. The van der Waals surface area contributed by atoms with Crippen molar-refractivity contribution in [3.63, 3.8) is 0 Å². The van der Waals surface area contributed by atoms with E-state index in [2.05, 4.69) is 50.9 Å². The highest BCUT2D eigenvalue weighted by atomic mass is 127. The third-order valence-corrected chi connectivity index (χ3v) is 5.63. The van der Waals surface area contributed by atoms with Gasteiger partial charge in [-0.05, 0) is 42.2 Å². The number of hydrogen-bond donors (Lipinski definition) is 3. The molecule has 1 saturated carbocycles. The average molecular weight is 484 g/mol. The summed E-state index contributed by atoms with van der Waals surface area (Å²) in [5.41, 5.74) is 2.82. The fourth-order valence-corrected chi connectivity index (χ4v) is 4.03. The van der Waals surface area contributed by atoms with Gasteiger partial charge in [0.15, 0.2) is 5.96 Å². The van der Waals surface area contributed by atoms with Crippen LogP contribution >= 0.6 is 24.0 Å². The lowest BCUT2D eigenvalue weighted by Gasteiger charge is -2.29. The highest BCUT2D eigenvalue weighted by Crippen LogP contribution is 2.40. The van der Waals surface area contributed by atoms with Crippen molar-refractivity contribution in [3.05, 3.63) is 36.0 Å². The quantitative estimate of drug-likeness (QED) is 0.301. The second kappa shape index (κ2) is 10.9. The topological polar surface area (TPSA) is 61.4 Å². The zero-order valence-corrected chi connectivity index (χ0v) is 18.8. The first-order chi connectivity index (χ1) is 12.7. The Balaban J connectivity index is 0.00000261. The Kier molecular flexibility index (Phi) is 8.89. The van der Waals surface area contributed by atoms with Crippen LogP contribution in [0, 0.1) is 5.41 Å². The summed E-state index contributed by atoms with van der Waals surface area (Å²) in [4.78, 5) is 7.87. The Labute approximate surface area is 179 Å². The van der Waals surface area contributed by atoms with Gasteiger partial charge in [0.25, 0.3) is 0 Å². The lowest BCUT2D eigenvalue weighted by Crippen LogP contribution is -2.43. The highest BCUT2D eigenvalue weighted by Gasteiger charge is 2.33. The summed E-state index contributed by atoms with van der Waals surface area (Å²) < 4.78 is 5.32. The smallest absolute Gasteiger partial charge is 0.191 e. The maximum atomic E-state index is 5.32. The van der Waals surface area contributed by atoms with Gasteiger partial charge in [-0.1, -0.05) is 31.0 Å². The Morgan fingerprint density at radius 3 is 2.70 bits per heavy atom. The van der Waals surface area contributed by atoms with Crippen LogP contribution in [0.5, 0.6) is 0 Å². The van der Waals surface area contributed by atoms with E-state index in [1.165, 1.54) is 42.3 Å². The number of para-hydroxylation sites is 1. The fraction of sp³-hybridized carbons (Fsp3) is 0.571. The zero-order valence-electron chi connectivity index (χ0n) is 16.5. The van der Waals surface area contributed by atoms with Gasteiger partial charge >= 0.3 is 0 Å². The number of guanidine groups is 1. The number of aliphatic imine (C=N–C) groups is 1. The van der Waals surface area contributed by atoms with Crippen molar-refractivity contribution in [1.29, 1.82) is 0 Å². The van der Waals surface area contributed by atoms with Crippen molar-refractivity contribution in [2.45, 2.75) is 38.5 Å². The average Bonchev–Trinajstić information content (AvgIpc) is 3.30. The Hall–Kier alpha value is -1.28. The van der Waals surface area contributed by atoms with Gasteiger partial charge in [0, 0.05) is 51.5 Å². The van der Waals surface area contributed by atoms with E-state index in [4.69, 9.17) is 4.74 Å². The van der Waals surface area contributed by atoms with Gasteiger partial charge in [0.2, 0.25) is 0 Å². The summed E-state index contributed by atoms with van der Waals surface area (Å²) >= 11 is 0. The van der Waals surface area contributed by atoms with Crippen molar-refractivity contribution in [1.82, 2.24) is 15.6 Å². The summed E-state index contributed by atoms with van der Waals surface area (Å²) in [7, 11) is 3.63. The van der Waals surface area contributed by atoms with E-state index in [1.807, 2.05) is 7.05 Å². The molecule has 2 aromatic rings. The van der Waals surface area contributed by atoms with Crippen LogP contribution in [-0.2, 0) is 11.2 Å². The normalized spacial score (nSPS) is 16.3. The molecule has 1 fully saturated rings. The van der Waals surface area contributed by atoms with Gasteiger partial charge in [-0.15, -0.1) is 24.0 Å². The molecule has 1 aliphatic rings. The van der Waals surface area contributed by atoms with Gasteiger partial charge in [-0.3, -0.25) is 4.99 Å². The largest absolute Gasteiger partial charge is 0.385 e. The lowest BCUT2D eigenvalue weighted by atomic mass is 9.83. The number of hydrogen-bond acceptors (Lipinski definition) is 2. The molecule has 0 saturated heterocycles. The number of benzene rings is 1. The maximum absolute atomic E-state index is 5.32. The maximum Gasteiger partial charge on any atom is 0.191 e. The third-order valence-electron chi connectivity index (χ3n) is 5.63. The van der Waals surface area contributed by atoms with E-state index in [0.29, 0.717) is 5.41 Å². The number of nitrogens with zero attached hydrogens (tertiary/aromatic N) is 1. The lowest BCUT2D eigenvalue weighted by molar-refractivity contribution is 0.138. The van der Waals surface area contributed by atoms with Crippen LogP contribution in [0.3, 0.4) is 0 Å². The molecule has 1 aromatic heterocycles. The van der Waals surface area contributed by atoms with Crippen LogP contribution < -0.4 is 10.6 Å². The first-order valence-corrected chi connectivity index (χ1v) is 9.75. The molecular weight excluding hydrogens is 451 g/mol. The molecule has 0 atom stereocenters. The van der Waals surface area contributed by atoms with Crippen LogP contribution in [0.1, 0.15) is 37.8 Å². The van der Waals surface area contributed by atoms with Crippen LogP contribution in [0.4, 0.5) is 0 Å². The standard InChI is InChI=1S/C21H32N4O.HI/c1-22-20(24-16-21(12-14-26-2)10-5-6-11-21)23-13-9-18-15-17-7-3-4-8-19(17)25-18;/h3-4,7-8,15,25H,5-6,9-14,16H2,1-2H3,(H2,22,23,24);1H. The molecule has 0 amide bonds. The highest BCUT2D eigenvalue weighted by molar-refractivity contribution is 14.0. The van der Waals surface area contributed by atoms with E-state index in [9.17, 15) is 0 Å². The molecular formula is C21H33IN4O. The van der Waals surface area contributed by atoms with Gasteiger partial charge in [0.05, 0.1) is 0 Å². The first-order valence-electron chi connectivity index (χ1n) is 9.75. The van der Waals surface area contributed by atoms with E-state index >= 15 is 0 Å². The fourth-order valence-electron chi connectivity index (χ4n) is 4.03. The van der Waals surface area contributed by atoms with E-state index < -0.39 is 0 Å². The summed E-state index contributed by atoms with van der Waals surface area (Å²) in [5, 5.41) is 8.26. The number of fused-ring (bicyclic) bond motifs is 1. The first kappa shape index (κ1) is 22.0. The van der Waals surface area contributed by atoms with E-state index in [-0.39, 0.29) is 24.0 Å². The molecule has 150 valence electrons. The SMILES string of the molecule is CN=C(NCCc1cc2ccccc2[nH]1)NCC1(CCOC)CCCC1.I. The van der Waals surface area contributed by atoms with Crippen molar-refractivity contribution >= 4 is 40.8 Å². The Morgan fingerprint density at radius 1 is 1.22 bits per heavy atom. The number of nitrogens with one attached hydrogen (secondary N) is 3. The predicted octanol–water partition coefficient (Wildman–Crippen LogP) is 4.09. The van der Waals surface area contributed by atoms with Crippen LogP contribution in [0.2, 0.25) is 0 Å². The predicted molar refractivity (Wildman–Crippen MR) is 124 cm³/mol. The third kappa shape index (κ3) is 6.10. The molecule has 6 heteroatoms. The van der Waals surface area contributed by atoms with Crippen molar-refractivity contribution in [3.8, 4) is 0 Å². The number of halogens is 1. The molecule has 5 nitrogen and oxygen atoms in total.